The van der Waals surface area contributed by atoms with Crippen LogP contribution in [0.5, 0.6) is 0 Å². The van der Waals surface area contributed by atoms with Crippen molar-refractivity contribution < 1.29 is 0 Å². The largest absolute Gasteiger partial charge is 0.319 e. The van der Waals surface area contributed by atoms with E-state index >= 15 is 0 Å². The third kappa shape index (κ3) is 2.11. The highest BCUT2D eigenvalue weighted by Crippen LogP contribution is 2.48. The number of nitrogens with zero attached hydrogens (tertiary/aromatic N) is 2. The average molecular weight is 242 g/mol. The molecule has 1 aliphatic rings. The molecule has 0 radical (unpaired) electrons. The van der Waals surface area contributed by atoms with Crippen LogP contribution in [0.15, 0.2) is 0 Å². The molecule has 90 valence electrons. The molecule has 1 aromatic rings. The van der Waals surface area contributed by atoms with Crippen molar-refractivity contribution in [1.29, 1.82) is 0 Å². The van der Waals surface area contributed by atoms with Crippen molar-refractivity contribution in [3.63, 3.8) is 0 Å². The lowest BCUT2D eigenvalue weighted by molar-refractivity contribution is 0.455. The summed E-state index contributed by atoms with van der Waals surface area (Å²) in [4.78, 5) is 0. The molecule has 0 bridgehead atoms. The average Bonchev–Trinajstić information content (AvgIpc) is 2.96. The summed E-state index contributed by atoms with van der Waals surface area (Å²) < 4.78 is 2.05. The van der Waals surface area contributed by atoms with Crippen molar-refractivity contribution in [2.75, 3.05) is 13.6 Å². The van der Waals surface area contributed by atoms with Crippen molar-refractivity contribution in [2.24, 2.45) is 5.41 Å². The zero-order valence-electron chi connectivity index (χ0n) is 10.3. The molecule has 1 aromatic heterocycles. The molecule has 0 spiro atoms. The molecule has 1 fully saturated rings. The summed E-state index contributed by atoms with van der Waals surface area (Å²) in [6, 6.07) is 0. The molecule has 1 heterocycles. The number of nitrogens with one attached hydrogen (secondary N) is 1. The third-order valence-electron chi connectivity index (χ3n) is 3.50. The summed E-state index contributed by atoms with van der Waals surface area (Å²) in [6.07, 6.45) is 3.66. The second-order valence-electron chi connectivity index (χ2n) is 4.87. The van der Waals surface area contributed by atoms with Crippen LogP contribution in [-0.2, 0) is 13.0 Å². The molecule has 1 saturated carbocycles. The van der Waals surface area contributed by atoms with E-state index in [1.165, 1.54) is 18.5 Å². The topological polar surface area (TPSA) is 29.9 Å². The van der Waals surface area contributed by atoms with E-state index in [0.717, 1.165) is 30.2 Å². The Morgan fingerprint density at radius 1 is 1.50 bits per heavy atom. The molecule has 0 aliphatic heterocycles. The molecule has 2 rings (SSSR count). The van der Waals surface area contributed by atoms with E-state index in [9.17, 15) is 0 Å². The van der Waals surface area contributed by atoms with E-state index in [4.69, 9.17) is 11.6 Å². The minimum absolute atomic E-state index is 0.442. The van der Waals surface area contributed by atoms with Gasteiger partial charge in [-0.05, 0) is 45.6 Å². The van der Waals surface area contributed by atoms with E-state index in [0.29, 0.717) is 5.41 Å². The number of rotatable bonds is 5. The lowest BCUT2D eigenvalue weighted by atomic mass is 10.00. The van der Waals surface area contributed by atoms with Gasteiger partial charge in [-0.15, -0.1) is 0 Å². The van der Waals surface area contributed by atoms with Gasteiger partial charge in [0, 0.05) is 13.1 Å². The molecular weight excluding hydrogens is 222 g/mol. The normalized spacial score (nSPS) is 17.8. The van der Waals surface area contributed by atoms with E-state index in [2.05, 4.69) is 17.3 Å². The van der Waals surface area contributed by atoms with Gasteiger partial charge in [0.15, 0.2) is 0 Å². The maximum atomic E-state index is 6.32. The number of hydrogen-bond acceptors (Lipinski definition) is 2. The maximum Gasteiger partial charge on any atom is 0.0847 e. The van der Waals surface area contributed by atoms with Crippen LogP contribution in [0, 0.1) is 12.3 Å². The monoisotopic (exact) mass is 241 g/mol. The molecule has 4 heteroatoms. The summed E-state index contributed by atoms with van der Waals surface area (Å²) in [5, 5.41) is 8.61. The van der Waals surface area contributed by atoms with Gasteiger partial charge in [0.1, 0.15) is 0 Å². The van der Waals surface area contributed by atoms with Crippen LogP contribution in [0.3, 0.4) is 0 Å². The Morgan fingerprint density at radius 2 is 2.19 bits per heavy atom. The Balaban J connectivity index is 2.20. The summed E-state index contributed by atoms with van der Waals surface area (Å²) in [5.41, 5.74) is 2.62. The molecule has 1 N–H and O–H groups in total. The van der Waals surface area contributed by atoms with E-state index < -0.39 is 0 Å². The Labute approximate surface area is 102 Å². The molecule has 0 atom stereocenters. The predicted octanol–water partition coefficient (Wildman–Crippen LogP) is 2.41. The van der Waals surface area contributed by atoms with Crippen molar-refractivity contribution in [2.45, 2.75) is 39.7 Å². The number of halogens is 1. The van der Waals surface area contributed by atoms with Crippen LogP contribution < -0.4 is 5.32 Å². The predicted molar refractivity (Wildman–Crippen MR) is 66.9 cm³/mol. The molecule has 1 aliphatic carbocycles. The van der Waals surface area contributed by atoms with Crippen LogP contribution in [-0.4, -0.2) is 23.4 Å². The first-order valence-electron chi connectivity index (χ1n) is 5.98. The Bertz CT molecular complexity index is 380. The smallest absolute Gasteiger partial charge is 0.0847 e. The lowest BCUT2D eigenvalue weighted by Gasteiger charge is -2.15. The highest BCUT2D eigenvalue weighted by atomic mass is 35.5. The third-order valence-corrected chi connectivity index (χ3v) is 4.00. The zero-order valence-corrected chi connectivity index (χ0v) is 11.1. The van der Waals surface area contributed by atoms with Crippen LogP contribution >= 0.6 is 11.6 Å². The minimum Gasteiger partial charge on any atom is -0.319 e. The molecule has 0 saturated heterocycles. The van der Waals surface area contributed by atoms with Gasteiger partial charge in [0.2, 0.25) is 0 Å². The summed E-state index contributed by atoms with van der Waals surface area (Å²) in [5.74, 6) is 0. The van der Waals surface area contributed by atoms with E-state index in [-0.39, 0.29) is 0 Å². The molecule has 0 unspecified atom stereocenters. The van der Waals surface area contributed by atoms with Crippen LogP contribution in [0.2, 0.25) is 5.02 Å². The van der Waals surface area contributed by atoms with Crippen molar-refractivity contribution in [3.05, 3.63) is 16.4 Å². The van der Waals surface area contributed by atoms with Gasteiger partial charge in [0.25, 0.3) is 0 Å². The molecule has 0 amide bonds. The fraction of sp³-hybridized carbons (Fsp3) is 0.750. The first kappa shape index (κ1) is 11.9. The van der Waals surface area contributed by atoms with Crippen LogP contribution in [0.4, 0.5) is 0 Å². The van der Waals surface area contributed by atoms with Crippen molar-refractivity contribution >= 4 is 11.6 Å². The zero-order chi connectivity index (χ0) is 11.8. The van der Waals surface area contributed by atoms with Gasteiger partial charge in [-0.2, -0.15) is 5.10 Å². The molecule has 16 heavy (non-hydrogen) atoms. The lowest BCUT2D eigenvalue weighted by Crippen LogP contribution is -2.23. The van der Waals surface area contributed by atoms with E-state index in [1.54, 1.807) is 0 Å². The maximum absolute atomic E-state index is 6.32. The fourth-order valence-corrected chi connectivity index (χ4v) is 2.56. The fourth-order valence-electron chi connectivity index (χ4n) is 2.36. The second kappa shape index (κ2) is 4.38. The summed E-state index contributed by atoms with van der Waals surface area (Å²) >= 11 is 6.32. The number of hydrogen-bond donors (Lipinski definition) is 1. The first-order chi connectivity index (χ1) is 7.62. The SMILES string of the molecule is CCn1nc(C)c(Cl)c1CC1(CNC)CC1. The minimum atomic E-state index is 0.442. The van der Waals surface area contributed by atoms with Gasteiger partial charge >= 0.3 is 0 Å². The molecular formula is C12H20ClN3. The van der Waals surface area contributed by atoms with Crippen LogP contribution in [0.25, 0.3) is 0 Å². The Hall–Kier alpha value is -0.540. The molecule has 0 aromatic carbocycles. The summed E-state index contributed by atoms with van der Waals surface area (Å²) in [7, 11) is 2.02. The second-order valence-corrected chi connectivity index (χ2v) is 5.25. The van der Waals surface area contributed by atoms with Gasteiger partial charge in [0.05, 0.1) is 16.4 Å². The van der Waals surface area contributed by atoms with Crippen molar-refractivity contribution in [1.82, 2.24) is 15.1 Å². The van der Waals surface area contributed by atoms with Gasteiger partial charge in [-0.3, -0.25) is 4.68 Å². The van der Waals surface area contributed by atoms with E-state index in [1.807, 2.05) is 18.7 Å². The number of aryl methyl sites for hydroxylation is 2. The number of aromatic nitrogens is 2. The van der Waals surface area contributed by atoms with Crippen molar-refractivity contribution in [3.8, 4) is 0 Å². The van der Waals surface area contributed by atoms with Gasteiger partial charge in [-0.25, -0.2) is 0 Å². The Morgan fingerprint density at radius 3 is 2.69 bits per heavy atom. The highest BCUT2D eigenvalue weighted by Gasteiger charge is 2.43. The van der Waals surface area contributed by atoms with Gasteiger partial charge < -0.3 is 5.32 Å². The highest BCUT2D eigenvalue weighted by molar-refractivity contribution is 6.31. The first-order valence-corrected chi connectivity index (χ1v) is 6.36. The standard InChI is InChI=1S/C12H20ClN3/c1-4-16-10(11(13)9(2)15-16)7-12(5-6-12)8-14-3/h14H,4-8H2,1-3H3. The molecule has 3 nitrogen and oxygen atoms in total. The quantitative estimate of drug-likeness (QED) is 0.858. The summed E-state index contributed by atoms with van der Waals surface area (Å²) in [6.45, 7) is 6.08. The Kier molecular flexibility index (Phi) is 3.27. The van der Waals surface area contributed by atoms with Gasteiger partial charge in [-0.1, -0.05) is 11.6 Å². The van der Waals surface area contributed by atoms with Crippen LogP contribution in [0.1, 0.15) is 31.2 Å².